The fourth-order valence-corrected chi connectivity index (χ4v) is 3.07. The summed E-state index contributed by atoms with van der Waals surface area (Å²) in [5.41, 5.74) is 7.87. The number of halogens is 1. The lowest BCUT2D eigenvalue weighted by molar-refractivity contribution is -0.122. The molecule has 0 aromatic heterocycles. The zero-order valence-corrected chi connectivity index (χ0v) is 14.6. The van der Waals surface area contributed by atoms with Gasteiger partial charge >= 0.3 is 0 Å². The number of anilines is 1. The Morgan fingerprint density at radius 3 is 2.82 bits per heavy atom. The number of hydrogen-bond acceptors (Lipinski definition) is 3. The lowest BCUT2D eigenvalue weighted by Crippen LogP contribution is -2.56. The van der Waals surface area contributed by atoms with Crippen LogP contribution in [0.1, 0.15) is 32.8 Å². The number of carbonyl (C=O) groups is 1. The molecule has 1 saturated heterocycles. The van der Waals surface area contributed by atoms with Crippen LogP contribution in [0.4, 0.5) is 5.69 Å². The molecule has 1 amide bonds. The Morgan fingerprint density at radius 2 is 2.18 bits per heavy atom. The minimum atomic E-state index is -0.190. The minimum Gasteiger partial charge on any atom is -0.327 e. The van der Waals surface area contributed by atoms with Gasteiger partial charge in [-0.05, 0) is 43.4 Å². The maximum atomic E-state index is 12.5. The maximum Gasteiger partial charge on any atom is 0.241 e. The Labute approximate surface area is 138 Å². The van der Waals surface area contributed by atoms with Gasteiger partial charge in [-0.3, -0.25) is 9.69 Å². The summed E-state index contributed by atoms with van der Waals surface area (Å²) in [4.78, 5) is 14.7. The minimum absolute atomic E-state index is 0.00311. The van der Waals surface area contributed by atoms with E-state index < -0.39 is 0 Å². The van der Waals surface area contributed by atoms with E-state index in [0.29, 0.717) is 5.02 Å². The molecule has 1 aliphatic rings. The molecule has 0 bridgehead atoms. The average Bonchev–Trinajstić information content (AvgIpc) is 2.46. The Kier molecular flexibility index (Phi) is 5.15. The number of piperidine rings is 1. The van der Waals surface area contributed by atoms with E-state index in [0.717, 1.165) is 30.8 Å². The highest BCUT2D eigenvalue weighted by Gasteiger charge is 2.36. The molecule has 1 aliphatic heterocycles. The first-order valence-electron chi connectivity index (χ1n) is 7.78. The highest BCUT2D eigenvalue weighted by Crippen LogP contribution is 2.29. The van der Waals surface area contributed by atoms with E-state index in [4.69, 9.17) is 17.3 Å². The number of nitrogens with zero attached hydrogens (tertiary/aromatic N) is 1. The van der Waals surface area contributed by atoms with E-state index in [1.807, 2.05) is 32.0 Å². The summed E-state index contributed by atoms with van der Waals surface area (Å²) in [6.45, 7) is 9.86. The first-order chi connectivity index (χ1) is 10.2. The molecule has 0 radical (unpaired) electrons. The first kappa shape index (κ1) is 17.3. The zero-order chi connectivity index (χ0) is 16.5. The molecule has 0 saturated carbocycles. The van der Waals surface area contributed by atoms with Crippen molar-refractivity contribution in [3.63, 3.8) is 0 Å². The largest absolute Gasteiger partial charge is 0.327 e. The molecular weight excluding hydrogens is 298 g/mol. The Bertz CT molecular complexity index is 559. The molecule has 1 heterocycles. The number of benzene rings is 1. The van der Waals surface area contributed by atoms with Gasteiger partial charge in [0.2, 0.25) is 5.91 Å². The number of carbonyl (C=O) groups excluding carboxylic acids is 1. The van der Waals surface area contributed by atoms with E-state index in [2.05, 4.69) is 24.1 Å². The van der Waals surface area contributed by atoms with Gasteiger partial charge in [-0.25, -0.2) is 0 Å². The van der Waals surface area contributed by atoms with Crippen molar-refractivity contribution in [1.29, 1.82) is 0 Å². The molecule has 4 nitrogen and oxygen atoms in total. The van der Waals surface area contributed by atoms with Gasteiger partial charge in [-0.1, -0.05) is 31.5 Å². The van der Waals surface area contributed by atoms with Crippen molar-refractivity contribution in [3.05, 3.63) is 28.8 Å². The molecule has 122 valence electrons. The van der Waals surface area contributed by atoms with Crippen LogP contribution in [0.3, 0.4) is 0 Å². The fraction of sp³-hybridized carbons (Fsp3) is 0.588. The third-order valence-electron chi connectivity index (χ3n) is 4.79. The first-order valence-corrected chi connectivity index (χ1v) is 8.16. The van der Waals surface area contributed by atoms with Crippen LogP contribution >= 0.6 is 11.6 Å². The summed E-state index contributed by atoms with van der Waals surface area (Å²) in [6, 6.07) is 5.55. The van der Waals surface area contributed by atoms with Gasteiger partial charge < -0.3 is 11.1 Å². The van der Waals surface area contributed by atoms with Crippen molar-refractivity contribution in [2.24, 2.45) is 11.1 Å². The van der Waals surface area contributed by atoms with Crippen LogP contribution in [0, 0.1) is 12.3 Å². The highest BCUT2D eigenvalue weighted by atomic mass is 35.5. The molecule has 1 aromatic rings. The molecule has 0 spiro atoms. The molecule has 2 atom stereocenters. The van der Waals surface area contributed by atoms with E-state index in [1.54, 1.807) is 0 Å². The quantitative estimate of drug-likeness (QED) is 0.899. The summed E-state index contributed by atoms with van der Waals surface area (Å²) in [5, 5.41) is 3.65. The Balaban J connectivity index is 2.05. The van der Waals surface area contributed by atoms with Crippen molar-refractivity contribution in [2.75, 3.05) is 18.4 Å². The van der Waals surface area contributed by atoms with Gasteiger partial charge in [0.15, 0.2) is 0 Å². The average molecular weight is 324 g/mol. The van der Waals surface area contributed by atoms with E-state index in [-0.39, 0.29) is 23.4 Å². The number of nitrogens with one attached hydrogen (secondary N) is 1. The number of hydrogen-bond donors (Lipinski definition) is 2. The van der Waals surface area contributed by atoms with Crippen LogP contribution in [0.5, 0.6) is 0 Å². The maximum absolute atomic E-state index is 12.5. The van der Waals surface area contributed by atoms with Gasteiger partial charge in [-0.15, -0.1) is 0 Å². The third-order valence-corrected chi connectivity index (χ3v) is 5.20. The normalized spacial score (nSPS) is 23.1. The van der Waals surface area contributed by atoms with Crippen molar-refractivity contribution in [3.8, 4) is 0 Å². The summed E-state index contributed by atoms with van der Waals surface area (Å²) < 4.78 is 0. The lowest BCUT2D eigenvalue weighted by atomic mass is 9.79. The smallest absolute Gasteiger partial charge is 0.241 e. The van der Waals surface area contributed by atoms with Crippen LogP contribution < -0.4 is 11.1 Å². The molecule has 22 heavy (non-hydrogen) atoms. The van der Waals surface area contributed by atoms with Gasteiger partial charge in [0.25, 0.3) is 0 Å². The molecular formula is C17H26ClN3O. The number of rotatable bonds is 3. The second-order valence-corrected chi connectivity index (χ2v) is 7.34. The molecule has 1 fully saturated rings. The lowest BCUT2D eigenvalue weighted by Gasteiger charge is -2.44. The highest BCUT2D eigenvalue weighted by molar-refractivity contribution is 6.31. The van der Waals surface area contributed by atoms with Crippen LogP contribution in [-0.2, 0) is 4.79 Å². The summed E-state index contributed by atoms with van der Waals surface area (Å²) in [7, 11) is 0. The summed E-state index contributed by atoms with van der Waals surface area (Å²) >= 11 is 6.10. The van der Waals surface area contributed by atoms with Gasteiger partial charge in [-0.2, -0.15) is 0 Å². The van der Waals surface area contributed by atoms with E-state index in [9.17, 15) is 4.79 Å². The Hall–Kier alpha value is -1.10. The third kappa shape index (κ3) is 3.62. The van der Waals surface area contributed by atoms with E-state index >= 15 is 0 Å². The number of nitrogens with two attached hydrogens (primary N) is 1. The SMILES string of the molecule is Cc1c(Cl)cccc1NC(=O)C(C)N1CCC(N)C(C)(C)C1. The summed E-state index contributed by atoms with van der Waals surface area (Å²) in [6.07, 6.45) is 0.917. The molecule has 2 unspecified atom stereocenters. The van der Waals surface area contributed by atoms with Crippen LogP contribution in [-0.4, -0.2) is 36.0 Å². The van der Waals surface area contributed by atoms with Gasteiger partial charge in [0.05, 0.1) is 6.04 Å². The standard InChI is InChI=1S/C17H26ClN3O/c1-11-13(18)6-5-7-14(11)20-16(22)12(2)21-9-8-15(19)17(3,4)10-21/h5-7,12,15H,8-10,19H2,1-4H3,(H,20,22). The second-order valence-electron chi connectivity index (χ2n) is 6.93. The van der Waals surface area contributed by atoms with Crippen molar-refractivity contribution >= 4 is 23.2 Å². The fourth-order valence-electron chi connectivity index (χ4n) is 2.89. The van der Waals surface area contributed by atoms with Crippen LogP contribution in [0.15, 0.2) is 18.2 Å². The molecule has 0 aliphatic carbocycles. The van der Waals surface area contributed by atoms with E-state index in [1.165, 1.54) is 0 Å². The monoisotopic (exact) mass is 323 g/mol. The van der Waals surface area contributed by atoms with Crippen molar-refractivity contribution in [1.82, 2.24) is 4.90 Å². The predicted octanol–water partition coefficient (Wildman–Crippen LogP) is 3.03. The van der Waals surface area contributed by atoms with Crippen molar-refractivity contribution in [2.45, 2.75) is 46.2 Å². The zero-order valence-electron chi connectivity index (χ0n) is 13.8. The van der Waals surface area contributed by atoms with Gasteiger partial charge in [0, 0.05) is 29.8 Å². The molecule has 1 aromatic carbocycles. The topological polar surface area (TPSA) is 58.4 Å². The summed E-state index contributed by atoms with van der Waals surface area (Å²) in [5.74, 6) is -0.00311. The second kappa shape index (κ2) is 6.57. The van der Waals surface area contributed by atoms with Crippen LogP contribution in [0.25, 0.3) is 0 Å². The van der Waals surface area contributed by atoms with Crippen LogP contribution in [0.2, 0.25) is 5.02 Å². The van der Waals surface area contributed by atoms with Crippen molar-refractivity contribution < 1.29 is 4.79 Å². The predicted molar refractivity (Wildman–Crippen MR) is 92.2 cm³/mol. The molecule has 2 rings (SSSR count). The Morgan fingerprint density at radius 1 is 1.50 bits per heavy atom. The molecule has 5 heteroatoms. The molecule has 3 N–H and O–H groups in total. The number of amides is 1. The van der Waals surface area contributed by atoms with Gasteiger partial charge in [0.1, 0.15) is 0 Å². The number of likely N-dealkylation sites (tertiary alicyclic amines) is 1.